The lowest BCUT2D eigenvalue weighted by Gasteiger charge is -2.07. The van der Waals surface area contributed by atoms with E-state index in [4.69, 9.17) is 14.6 Å². The summed E-state index contributed by atoms with van der Waals surface area (Å²) < 4.78 is 10.7. The van der Waals surface area contributed by atoms with Crippen molar-refractivity contribution in [1.82, 2.24) is 0 Å². The first-order valence-electron chi connectivity index (χ1n) is 12.9. The molecule has 3 heteroatoms. The predicted octanol–water partition coefficient (Wildman–Crippen LogP) is 8.72. The van der Waals surface area contributed by atoms with Crippen molar-refractivity contribution < 1.29 is 14.6 Å². The highest BCUT2D eigenvalue weighted by molar-refractivity contribution is 5.30. The molecular weight excluding hydrogens is 432 g/mol. The second-order valence-corrected chi connectivity index (χ2v) is 9.37. The maximum atomic E-state index is 8.77. The van der Waals surface area contributed by atoms with Gasteiger partial charge in [-0.15, -0.1) is 0 Å². The van der Waals surface area contributed by atoms with Crippen LogP contribution in [0.4, 0.5) is 0 Å². The summed E-state index contributed by atoms with van der Waals surface area (Å²) in [4.78, 5) is 0. The Labute approximate surface area is 214 Å². The molecule has 0 aromatic heterocycles. The molecule has 3 rings (SSSR count). The monoisotopic (exact) mass is 478 g/mol. The van der Waals surface area contributed by atoms with Crippen LogP contribution in [0.1, 0.15) is 95.4 Å². The predicted molar refractivity (Wildman–Crippen MR) is 150 cm³/mol. The Hall–Kier alpha value is -2.78. The lowest BCUT2D eigenvalue weighted by molar-refractivity contribution is 0.282. The zero-order valence-electron chi connectivity index (χ0n) is 23.0. The van der Waals surface area contributed by atoms with Crippen LogP contribution in [0, 0.1) is 0 Å². The third-order valence-electron chi connectivity index (χ3n) is 5.52. The molecule has 3 nitrogen and oxygen atoms in total. The number of hydrogen-bond acceptors (Lipinski definition) is 3. The molecule has 0 amide bonds. The van der Waals surface area contributed by atoms with E-state index in [0.717, 1.165) is 30.3 Å². The Morgan fingerprint density at radius 3 is 1.46 bits per heavy atom. The summed E-state index contributed by atoms with van der Waals surface area (Å²) in [5.74, 6) is 3.68. The minimum atomic E-state index is 0.137. The van der Waals surface area contributed by atoms with Crippen LogP contribution in [-0.2, 0) is 6.61 Å². The fourth-order valence-corrected chi connectivity index (χ4v) is 3.25. The number of aliphatic hydroxyl groups excluding tert-OH is 1. The molecule has 0 saturated heterocycles. The van der Waals surface area contributed by atoms with Gasteiger partial charge in [-0.1, -0.05) is 90.1 Å². The lowest BCUT2D eigenvalue weighted by atomic mass is 10.0. The van der Waals surface area contributed by atoms with Crippen molar-refractivity contribution >= 4 is 0 Å². The van der Waals surface area contributed by atoms with Crippen molar-refractivity contribution in [2.24, 2.45) is 0 Å². The fourth-order valence-electron chi connectivity index (χ4n) is 3.25. The first-order valence-corrected chi connectivity index (χ1v) is 12.9. The van der Waals surface area contributed by atoms with Gasteiger partial charge in [-0.25, -0.2) is 0 Å². The summed E-state index contributed by atoms with van der Waals surface area (Å²) in [5, 5.41) is 8.77. The number of ether oxygens (including phenoxy) is 2. The molecule has 0 saturated carbocycles. The lowest BCUT2D eigenvalue weighted by Crippen LogP contribution is -1.93. The molecule has 3 aromatic rings. The number of rotatable bonds is 8. The maximum absolute atomic E-state index is 8.77. The zero-order valence-corrected chi connectivity index (χ0v) is 23.0. The average Bonchev–Trinajstić information content (AvgIpc) is 2.86. The van der Waals surface area contributed by atoms with Crippen LogP contribution in [-0.4, -0.2) is 18.3 Å². The first kappa shape index (κ1) is 30.3. The molecule has 1 N–H and O–H groups in total. The van der Waals surface area contributed by atoms with E-state index in [1.54, 1.807) is 0 Å². The van der Waals surface area contributed by atoms with Crippen molar-refractivity contribution in [2.75, 3.05) is 13.2 Å². The minimum absolute atomic E-state index is 0.137. The van der Waals surface area contributed by atoms with Gasteiger partial charge in [0.1, 0.15) is 11.5 Å². The van der Waals surface area contributed by atoms with Gasteiger partial charge in [0.15, 0.2) is 0 Å². The Bertz CT molecular complexity index is 926. The molecule has 0 heterocycles. The van der Waals surface area contributed by atoms with Crippen molar-refractivity contribution in [1.29, 1.82) is 0 Å². The van der Waals surface area contributed by atoms with E-state index in [1.165, 1.54) is 16.7 Å². The number of benzene rings is 3. The van der Waals surface area contributed by atoms with Gasteiger partial charge in [-0.2, -0.15) is 0 Å². The third kappa shape index (κ3) is 12.0. The number of aliphatic hydroxyl groups is 1. The van der Waals surface area contributed by atoms with Crippen molar-refractivity contribution in [3.05, 3.63) is 95.1 Å². The fraction of sp³-hybridized carbons (Fsp3) is 0.438. The van der Waals surface area contributed by atoms with Gasteiger partial charge in [0.25, 0.3) is 0 Å². The molecule has 0 aliphatic heterocycles. The molecule has 0 radical (unpaired) electrons. The second-order valence-electron chi connectivity index (χ2n) is 9.37. The molecule has 0 aliphatic carbocycles. The van der Waals surface area contributed by atoms with Gasteiger partial charge in [0, 0.05) is 0 Å². The molecule has 0 atom stereocenters. The summed E-state index contributed by atoms with van der Waals surface area (Å²) in [6.07, 6.45) is 0. The summed E-state index contributed by atoms with van der Waals surface area (Å²) in [6, 6.07) is 24.6. The minimum Gasteiger partial charge on any atom is -0.494 e. The highest BCUT2D eigenvalue weighted by atomic mass is 16.5. The molecule has 192 valence electrons. The highest BCUT2D eigenvalue weighted by Crippen LogP contribution is 2.20. The second kappa shape index (κ2) is 16.8. The molecule has 0 fully saturated rings. The quantitative estimate of drug-likeness (QED) is 0.352. The van der Waals surface area contributed by atoms with E-state index < -0.39 is 0 Å². The van der Waals surface area contributed by atoms with E-state index in [1.807, 2.05) is 50.2 Å². The van der Waals surface area contributed by atoms with Gasteiger partial charge >= 0.3 is 0 Å². The molecule has 0 spiro atoms. The SMILES string of the molecule is CC(C)c1ccc(CO)cc1.CCOc1ccc(C(C)C)cc1.CCOc1cccc(C(C)C)c1. The van der Waals surface area contributed by atoms with Gasteiger partial charge in [-0.05, 0) is 78.1 Å². The van der Waals surface area contributed by atoms with E-state index in [2.05, 4.69) is 77.9 Å². The third-order valence-corrected chi connectivity index (χ3v) is 5.52. The Morgan fingerprint density at radius 1 is 0.571 bits per heavy atom. The Balaban J connectivity index is 0.000000263. The largest absolute Gasteiger partial charge is 0.494 e. The van der Waals surface area contributed by atoms with E-state index >= 15 is 0 Å². The zero-order chi connectivity index (χ0) is 26.2. The molecule has 3 aromatic carbocycles. The normalized spacial score (nSPS) is 10.4. The summed E-state index contributed by atoms with van der Waals surface area (Å²) in [7, 11) is 0. The maximum Gasteiger partial charge on any atom is 0.119 e. The first-order chi connectivity index (χ1) is 16.7. The summed E-state index contributed by atoms with van der Waals surface area (Å²) in [6.45, 7) is 18.7. The van der Waals surface area contributed by atoms with Crippen LogP contribution in [0.2, 0.25) is 0 Å². The van der Waals surface area contributed by atoms with E-state index in [0.29, 0.717) is 17.8 Å². The van der Waals surface area contributed by atoms with Gasteiger partial charge in [0.05, 0.1) is 19.8 Å². The van der Waals surface area contributed by atoms with Crippen LogP contribution in [0.3, 0.4) is 0 Å². The van der Waals surface area contributed by atoms with Crippen molar-refractivity contribution in [3.63, 3.8) is 0 Å². The molecule has 35 heavy (non-hydrogen) atoms. The van der Waals surface area contributed by atoms with Gasteiger partial charge in [0.2, 0.25) is 0 Å². The summed E-state index contributed by atoms with van der Waals surface area (Å²) in [5.41, 5.74) is 5.00. The smallest absolute Gasteiger partial charge is 0.119 e. The van der Waals surface area contributed by atoms with Crippen LogP contribution in [0.15, 0.2) is 72.8 Å². The highest BCUT2D eigenvalue weighted by Gasteiger charge is 2.00. The summed E-state index contributed by atoms with van der Waals surface area (Å²) >= 11 is 0. The Morgan fingerprint density at radius 2 is 1.03 bits per heavy atom. The topological polar surface area (TPSA) is 38.7 Å². The standard InChI is InChI=1S/2C11H16O.C10H14O/c1-4-12-11-7-5-10(6-8-11)9(2)3;1-4-12-11-7-5-6-10(8-11)9(2)3;1-8(2)10-5-3-9(7-11)4-6-10/h2*5-9H,4H2,1-3H3;3-6,8,11H,7H2,1-2H3. The van der Waals surface area contributed by atoms with Crippen LogP contribution in [0.25, 0.3) is 0 Å². The van der Waals surface area contributed by atoms with Gasteiger partial charge < -0.3 is 14.6 Å². The van der Waals surface area contributed by atoms with Crippen LogP contribution >= 0.6 is 0 Å². The van der Waals surface area contributed by atoms with E-state index in [9.17, 15) is 0 Å². The van der Waals surface area contributed by atoms with Crippen molar-refractivity contribution in [2.45, 2.75) is 79.8 Å². The van der Waals surface area contributed by atoms with Crippen molar-refractivity contribution in [3.8, 4) is 11.5 Å². The molecular formula is C32H46O3. The van der Waals surface area contributed by atoms with Gasteiger partial charge in [-0.3, -0.25) is 0 Å². The van der Waals surface area contributed by atoms with Crippen LogP contribution < -0.4 is 9.47 Å². The average molecular weight is 479 g/mol. The molecule has 0 unspecified atom stereocenters. The Kier molecular flexibility index (Phi) is 14.5. The molecule has 0 bridgehead atoms. The molecule has 0 aliphatic rings. The number of hydrogen-bond donors (Lipinski definition) is 1. The van der Waals surface area contributed by atoms with Crippen LogP contribution in [0.5, 0.6) is 11.5 Å². The van der Waals surface area contributed by atoms with E-state index in [-0.39, 0.29) is 6.61 Å².